The Morgan fingerprint density at radius 1 is 1.36 bits per heavy atom. The molecule has 1 amide bonds. The van der Waals surface area contributed by atoms with Crippen LogP contribution in [0.5, 0.6) is 0 Å². The summed E-state index contributed by atoms with van der Waals surface area (Å²) in [4.78, 5) is 11.8. The van der Waals surface area contributed by atoms with Crippen LogP contribution >= 0.6 is 15.9 Å². The van der Waals surface area contributed by atoms with Crippen LogP contribution in [0.4, 0.5) is 0 Å². The van der Waals surface area contributed by atoms with E-state index < -0.39 is 0 Å². The molecule has 0 aliphatic heterocycles. The van der Waals surface area contributed by atoms with Gasteiger partial charge in [0.15, 0.2) is 0 Å². The summed E-state index contributed by atoms with van der Waals surface area (Å²) in [7, 11) is 0. The topological polar surface area (TPSA) is 29.1 Å². The minimum Gasteiger partial charge on any atom is -0.356 e. The number of rotatable bonds is 8. The summed E-state index contributed by atoms with van der Waals surface area (Å²) in [5.74, 6) is 0.209. The van der Waals surface area contributed by atoms with E-state index in [9.17, 15) is 4.79 Å². The molecule has 14 heavy (non-hydrogen) atoms. The van der Waals surface area contributed by atoms with Gasteiger partial charge in [-0.25, -0.2) is 0 Å². The lowest BCUT2D eigenvalue weighted by atomic mass is 10.2. The van der Waals surface area contributed by atoms with E-state index in [4.69, 9.17) is 0 Å². The predicted octanol–water partition coefficient (Wildman–Crippen LogP) is 3.25. The van der Waals surface area contributed by atoms with Crippen LogP contribution in [-0.4, -0.2) is 17.3 Å². The molecule has 0 aliphatic rings. The van der Waals surface area contributed by atoms with Crippen molar-refractivity contribution >= 4 is 21.8 Å². The van der Waals surface area contributed by atoms with E-state index in [1.807, 2.05) is 0 Å². The van der Waals surface area contributed by atoms with Gasteiger partial charge in [0.25, 0.3) is 0 Å². The van der Waals surface area contributed by atoms with E-state index in [-0.39, 0.29) is 5.91 Å². The largest absolute Gasteiger partial charge is 0.356 e. The number of carbonyl (C=O) groups excluding carboxylic acids is 1. The molecule has 0 saturated heterocycles. The Morgan fingerprint density at radius 2 is 2.07 bits per heavy atom. The van der Waals surface area contributed by atoms with Gasteiger partial charge >= 0.3 is 0 Å². The van der Waals surface area contributed by atoms with Crippen LogP contribution in [0, 0.1) is 0 Å². The maximum absolute atomic E-state index is 11.2. The molecule has 0 bridgehead atoms. The molecule has 0 spiro atoms. The number of unbranched alkanes of at least 4 members (excludes halogenated alkanes) is 2. The molecular weight excluding hydrogens is 242 g/mol. The van der Waals surface area contributed by atoms with Gasteiger partial charge in [-0.3, -0.25) is 4.79 Å². The number of hydrogen-bond acceptors (Lipinski definition) is 1. The van der Waals surface area contributed by atoms with Crippen molar-refractivity contribution in [2.24, 2.45) is 0 Å². The van der Waals surface area contributed by atoms with Gasteiger partial charge in [0, 0.05) is 17.8 Å². The lowest BCUT2D eigenvalue weighted by molar-refractivity contribution is -0.121. The highest BCUT2D eigenvalue weighted by atomic mass is 79.9. The standard InChI is InChI=1S/C11H22BrNO/c1-3-4-5-8-11(14)13-9-6-7-10(2)12/h10H,3-9H2,1-2H3,(H,13,14). The van der Waals surface area contributed by atoms with Crippen LogP contribution in [0.2, 0.25) is 0 Å². The highest BCUT2D eigenvalue weighted by Crippen LogP contribution is 2.05. The fraction of sp³-hybridized carbons (Fsp3) is 0.909. The van der Waals surface area contributed by atoms with Gasteiger partial charge in [-0.15, -0.1) is 0 Å². The molecule has 2 nitrogen and oxygen atoms in total. The molecule has 3 heteroatoms. The molecule has 0 aromatic carbocycles. The first-order chi connectivity index (χ1) is 6.66. The van der Waals surface area contributed by atoms with Crippen LogP contribution in [0.25, 0.3) is 0 Å². The number of hydrogen-bond donors (Lipinski definition) is 1. The molecule has 0 heterocycles. The maximum atomic E-state index is 11.2. The number of nitrogens with one attached hydrogen (secondary N) is 1. The van der Waals surface area contributed by atoms with E-state index in [0.717, 1.165) is 32.2 Å². The fourth-order valence-corrected chi connectivity index (χ4v) is 1.56. The molecule has 0 radical (unpaired) electrons. The van der Waals surface area contributed by atoms with Crippen molar-refractivity contribution < 1.29 is 4.79 Å². The molecule has 0 aromatic heterocycles. The molecule has 84 valence electrons. The summed E-state index contributed by atoms with van der Waals surface area (Å²) in [6.07, 6.45) is 6.23. The third-order valence-corrected chi connectivity index (χ3v) is 2.57. The van der Waals surface area contributed by atoms with Crippen LogP contribution in [0.15, 0.2) is 0 Å². The van der Waals surface area contributed by atoms with Gasteiger partial charge in [-0.05, 0) is 19.3 Å². The average molecular weight is 264 g/mol. The van der Waals surface area contributed by atoms with Gasteiger partial charge in [0.05, 0.1) is 0 Å². The van der Waals surface area contributed by atoms with E-state index >= 15 is 0 Å². The van der Waals surface area contributed by atoms with Crippen LogP contribution in [0.3, 0.4) is 0 Å². The molecule has 0 fully saturated rings. The first-order valence-electron chi connectivity index (χ1n) is 5.57. The Morgan fingerprint density at radius 3 is 2.64 bits per heavy atom. The highest BCUT2D eigenvalue weighted by Gasteiger charge is 2.00. The van der Waals surface area contributed by atoms with Crippen LogP contribution in [-0.2, 0) is 4.79 Å². The van der Waals surface area contributed by atoms with Crippen molar-refractivity contribution in [3.05, 3.63) is 0 Å². The zero-order chi connectivity index (χ0) is 10.8. The van der Waals surface area contributed by atoms with E-state index in [0.29, 0.717) is 11.2 Å². The van der Waals surface area contributed by atoms with Crippen molar-refractivity contribution in [1.29, 1.82) is 0 Å². The van der Waals surface area contributed by atoms with Gasteiger partial charge < -0.3 is 5.32 Å². The minimum absolute atomic E-state index is 0.209. The van der Waals surface area contributed by atoms with E-state index in [1.54, 1.807) is 0 Å². The minimum atomic E-state index is 0.209. The average Bonchev–Trinajstić information content (AvgIpc) is 2.13. The summed E-state index contributed by atoms with van der Waals surface area (Å²) in [6, 6.07) is 0. The summed E-state index contributed by atoms with van der Waals surface area (Å²) in [6.45, 7) is 5.10. The fourth-order valence-electron chi connectivity index (χ4n) is 1.24. The normalized spacial score (nSPS) is 12.5. The monoisotopic (exact) mass is 263 g/mol. The third-order valence-electron chi connectivity index (χ3n) is 2.11. The van der Waals surface area contributed by atoms with E-state index in [2.05, 4.69) is 35.1 Å². The van der Waals surface area contributed by atoms with Crippen LogP contribution < -0.4 is 5.32 Å². The lowest BCUT2D eigenvalue weighted by Crippen LogP contribution is -2.24. The van der Waals surface area contributed by atoms with Gasteiger partial charge in [0.1, 0.15) is 0 Å². The first kappa shape index (κ1) is 13.9. The Kier molecular flexibility index (Phi) is 9.47. The second kappa shape index (κ2) is 9.50. The van der Waals surface area contributed by atoms with E-state index in [1.165, 1.54) is 6.42 Å². The van der Waals surface area contributed by atoms with Gasteiger partial charge in [-0.1, -0.05) is 42.6 Å². The molecule has 1 unspecified atom stereocenters. The zero-order valence-corrected chi connectivity index (χ0v) is 10.9. The van der Waals surface area contributed by atoms with Crippen molar-refractivity contribution in [3.63, 3.8) is 0 Å². The molecule has 0 rings (SSSR count). The Hall–Kier alpha value is -0.0500. The number of halogens is 1. The number of carbonyl (C=O) groups is 1. The maximum Gasteiger partial charge on any atom is 0.219 e. The Labute approximate surface area is 96.0 Å². The molecule has 0 aromatic rings. The Balaban J connectivity index is 3.18. The first-order valence-corrected chi connectivity index (χ1v) is 6.49. The molecular formula is C11H22BrNO. The number of amides is 1. The third kappa shape index (κ3) is 10.0. The molecule has 1 atom stereocenters. The van der Waals surface area contributed by atoms with Crippen molar-refractivity contribution in [3.8, 4) is 0 Å². The SMILES string of the molecule is CCCCCC(=O)NCCCC(C)Br. The van der Waals surface area contributed by atoms with Crippen molar-refractivity contribution in [2.45, 2.75) is 57.2 Å². The second-order valence-electron chi connectivity index (χ2n) is 3.73. The predicted molar refractivity (Wildman–Crippen MR) is 64.8 cm³/mol. The zero-order valence-electron chi connectivity index (χ0n) is 9.31. The molecule has 0 saturated carbocycles. The van der Waals surface area contributed by atoms with Gasteiger partial charge in [0.2, 0.25) is 5.91 Å². The summed E-state index contributed by atoms with van der Waals surface area (Å²) >= 11 is 3.48. The summed E-state index contributed by atoms with van der Waals surface area (Å²) in [5.41, 5.74) is 0. The Bertz CT molecular complexity index is 148. The lowest BCUT2D eigenvalue weighted by Gasteiger charge is -2.05. The molecule has 1 N–H and O–H groups in total. The van der Waals surface area contributed by atoms with Crippen molar-refractivity contribution in [2.75, 3.05) is 6.54 Å². The molecule has 0 aliphatic carbocycles. The smallest absolute Gasteiger partial charge is 0.219 e. The van der Waals surface area contributed by atoms with Crippen LogP contribution in [0.1, 0.15) is 52.4 Å². The van der Waals surface area contributed by atoms with Crippen molar-refractivity contribution in [1.82, 2.24) is 5.32 Å². The quantitative estimate of drug-likeness (QED) is 0.529. The second-order valence-corrected chi connectivity index (χ2v) is 5.29. The van der Waals surface area contributed by atoms with Gasteiger partial charge in [-0.2, -0.15) is 0 Å². The summed E-state index contributed by atoms with van der Waals surface area (Å²) in [5, 5.41) is 2.94. The number of alkyl halides is 1. The highest BCUT2D eigenvalue weighted by molar-refractivity contribution is 9.09. The summed E-state index contributed by atoms with van der Waals surface area (Å²) < 4.78 is 0.